The number of pyridine rings is 1. The molecule has 0 bridgehead atoms. The van der Waals surface area contributed by atoms with E-state index in [9.17, 15) is 9.18 Å². The third-order valence-electron chi connectivity index (χ3n) is 4.14. The smallest absolute Gasteiger partial charge is 0.274 e. The van der Waals surface area contributed by atoms with Gasteiger partial charge in [0.15, 0.2) is 5.69 Å². The van der Waals surface area contributed by atoms with E-state index in [0.29, 0.717) is 17.8 Å². The Hall–Kier alpha value is -3.39. The van der Waals surface area contributed by atoms with Gasteiger partial charge in [-0.3, -0.25) is 9.78 Å². The van der Waals surface area contributed by atoms with E-state index in [0.717, 1.165) is 6.42 Å². The molecule has 0 saturated heterocycles. The van der Waals surface area contributed by atoms with Crippen LogP contribution in [0.5, 0.6) is 0 Å². The van der Waals surface area contributed by atoms with Crippen molar-refractivity contribution in [2.24, 2.45) is 0 Å². The molecule has 6 nitrogen and oxygen atoms in total. The molecule has 8 heteroatoms. The number of nitrogens with zero attached hydrogens (tertiary/aromatic N) is 4. The summed E-state index contributed by atoms with van der Waals surface area (Å²) in [5.41, 5.74) is 1.36. The van der Waals surface area contributed by atoms with E-state index in [4.69, 9.17) is 0 Å². The zero-order chi connectivity index (χ0) is 19.3. The molecule has 1 N–H and O–H groups in total. The minimum absolute atomic E-state index is 0.127. The SMILES string of the molecule is O=C(NCCc1cccs1)c1nnn(-c2ccccc2F)c1-c1cccnc1. The van der Waals surface area contributed by atoms with Gasteiger partial charge >= 0.3 is 0 Å². The van der Waals surface area contributed by atoms with Crippen LogP contribution in [0, 0.1) is 5.82 Å². The first-order chi connectivity index (χ1) is 13.7. The van der Waals surface area contributed by atoms with Crippen molar-refractivity contribution in [1.82, 2.24) is 25.3 Å². The molecule has 1 amide bonds. The minimum Gasteiger partial charge on any atom is -0.350 e. The fourth-order valence-electron chi connectivity index (χ4n) is 2.83. The quantitative estimate of drug-likeness (QED) is 0.544. The van der Waals surface area contributed by atoms with E-state index >= 15 is 0 Å². The molecule has 0 atom stereocenters. The Morgan fingerprint density at radius 2 is 2.04 bits per heavy atom. The number of thiophene rings is 1. The van der Waals surface area contributed by atoms with Crippen molar-refractivity contribution >= 4 is 17.2 Å². The lowest BCUT2D eigenvalue weighted by Gasteiger charge is -2.09. The first-order valence-corrected chi connectivity index (χ1v) is 9.53. The summed E-state index contributed by atoms with van der Waals surface area (Å²) in [6.45, 7) is 0.471. The Kier molecular flexibility index (Phi) is 5.20. The van der Waals surface area contributed by atoms with Crippen LogP contribution in [0.3, 0.4) is 0 Å². The molecule has 3 heterocycles. The molecule has 0 spiro atoms. The lowest BCUT2D eigenvalue weighted by molar-refractivity contribution is 0.0950. The molecule has 1 aromatic carbocycles. The van der Waals surface area contributed by atoms with Crippen molar-refractivity contribution in [3.05, 3.63) is 82.7 Å². The Morgan fingerprint density at radius 1 is 1.14 bits per heavy atom. The number of aromatic nitrogens is 4. The number of carbonyl (C=O) groups is 1. The summed E-state index contributed by atoms with van der Waals surface area (Å²) >= 11 is 1.64. The molecule has 0 aliphatic heterocycles. The Balaban J connectivity index is 1.67. The molecule has 3 aromatic heterocycles. The largest absolute Gasteiger partial charge is 0.350 e. The maximum Gasteiger partial charge on any atom is 0.274 e. The fourth-order valence-corrected chi connectivity index (χ4v) is 3.54. The second-order valence-corrected chi connectivity index (χ2v) is 7.01. The Bertz CT molecular complexity index is 1080. The van der Waals surface area contributed by atoms with Crippen molar-refractivity contribution in [2.45, 2.75) is 6.42 Å². The highest BCUT2D eigenvalue weighted by atomic mass is 32.1. The van der Waals surface area contributed by atoms with Crippen LogP contribution < -0.4 is 5.32 Å². The normalized spacial score (nSPS) is 10.8. The minimum atomic E-state index is -0.456. The predicted octanol–water partition coefficient (Wildman–Crippen LogP) is 3.50. The molecule has 0 fully saturated rings. The number of carbonyl (C=O) groups excluding carboxylic acids is 1. The third-order valence-corrected chi connectivity index (χ3v) is 5.07. The second-order valence-electron chi connectivity index (χ2n) is 5.98. The molecule has 28 heavy (non-hydrogen) atoms. The van der Waals surface area contributed by atoms with E-state index in [1.165, 1.54) is 15.6 Å². The van der Waals surface area contributed by atoms with Crippen LogP contribution in [0.25, 0.3) is 16.9 Å². The summed E-state index contributed by atoms with van der Waals surface area (Å²) in [5.74, 6) is -0.819. The third kappa shape index (κ3) is 3.67. The highest BCUT2D eigenvalue weighted by molar-refractivity contribution is 7.09. The number of rotatable bonds is 6. The van der Waals surface area contributed by atoms with Crippen LogP contribution in [0.2, 0.25) is 0 Å². The van der Waals surface area contributed by atoms with Crippen LogP contribution >= 0.6 is 11.3 Å². The number of nitrogens with one attached hydrogen (secondary N) is 1. The van der Waals surface area contributed by atoms with Gasteiger partial charge in [-0.25, -0.2) is 9.07 Å². The molecule has 0 radical (unpaired) electrons. The van der Waals surface area contributed by atoms with Crippen molar-refractivity contribution < 1.29 is 9.18 Å². The number of hydrogen-bond acceptors (Lipinski definition) is 5. The van der Waals surface area contributed by atoms with Crippen molar-refractivity contribution in [1.29, 1.82) is 0 Å². The van der Waals surface area contributed by atoms with Gasteiger partial charge in [0.05, 0.1) is 0 Å². The van der Waals surface area contributed by atoms with Gasteiger partial charge in [0.25, 0.3) is 5.91 Å². The average Bonchev–Trinajstić information content (AvgIpc) is 3.39. The van der Waals surface area contributed by atoms with Gasteiger partial charge < -0.3 is 5.32 Å². The molecular formula is C20H16FN5OS. The van der Waals surface area contributed by atoms with E-state index in [1.807, 2.05) is 17.5 Å². The molecule has 4 rings (SSSR count). The van der Waals surface area contributed by atoms with E-state index in [1.54, 1.807) is 54.1 Å². The number of benzene rings is 1. The summed E-state index contributed by atoms with van der Waals surface area (Å²) < 4.78 is 15.7. The molecule has 0 saturated carbocycles. The molecule has 0 unspecified atom stereocenters. The molecular weight excluding hydrogens is 377 g/mol. The Morgan fingerprint density at radius 3 is 2.79 bits per heavy atom. The number of halogens is 1. The van der Waals surface area contributed by atoms with Crippen molar-refractivity contribution in [2.75, 3.05) is 6.54 Å². The van der Waals surface area contributed by atoms with Crippen LogP contribution in [-0.4, -0.2) is 32.4 Å². The first-order valence-electron chi connectivity index (χ1n) is 8.65. The maximum atomic E-state index is 14.3. The highest BCUT2D eigenvalue weighted by Crippen LogP contribution is 2.25. The standard InChI is InChI=1S/C20H16FN5OS/c21-16-7-1-2-8-17(16)26-19(14-5-3-10-22-13-14)18(24-25-26)20(27)23-11-9-15-6-4-12-28-15/h1-8,10,12-13H,9,11H2,(H,23,27). The van der Waals surface area contributed by atoms with Crippen LogP contribution in [0.15, 0.2) is 66.3 Å². The number of para-hydroxylation sites is 1. The fraction of sp³-hybridized carbons (Fsp3) is 0.100. The van der Waals surface area contributed by atoms with Crippen LogP contribution in [0.1, 0.15) is 15.4 Å². The monoisotopic (exact) mass is 393 g/mol. The summed E-state index contributed by atoms with van der Waals surface area (Å²) in [7, 11) is 0. The van der Waals surface area contributed by atoms with Crippen LogP contribution in [0.4, 0.5) is 4.39 Å². The Labute approximate surface area is 164 Å². The lowest BCUT2D eigenvalue weighted by atomic mass is 10.1. The van der Waals surface area contributed by atoms with E-state index < -0.39 is 5.82 Å². The zero-order valence-corrected chi connectivity index (χ0v) is 15.6. The van der Waals surface area contributed by atoms with Gasteiger partial charge in [0.1, 0.15) is 17.2 Å². The van der Waals surface area contributed by atoms with Crippen molar-refractivity contribution in [3.63, 3.8) is 0 Å². The van der Waals surface area contributed by atoms with Gasteiger partial charge in [-0.2, -0.15) is 0 Å². The lowest BCUT2D eigenvalue weighted by Crippen LogP contribution is -2.26. The van der Waals surface area contributed by atoms with Gasteiger partial charge in [-0.05, 0) is 42.1 Å². The van der Waals surface area contributed by atoms with Gasteiger partial charge in [-0.15, -0.1) is 16.4 Å². The average molecular weight is 393 g/mol. The molecule has 0 aliphatic rings. The highest BCUT2D eigenvalue weighted by Gasteiger charge is 2.23. The van der Waals surface area contributed by atoms with E-state index in [2.05, 4.69) is 20.6 Å². The second kappa shape index (κ2) is 8.10. The van der Waals surface area contributed by atoms with Crippen molar-refractivity contribution in [3.8, 4) is 16.9 Å². The number of amides is 1. The van der Waals surface area contributed by atoms with Gasteiger partial charge in [0, 0.05) is 29.4 Å². The summed E-state index contributed by atoms with van der Waals surface area (Å²) in [4.78, 5) is 18.0. The summed E-state index contributed by atoms with van der Waals surface area (Å²) in [6.07, 6.45) is 3.95. The van der Waals surface area contributed by atoms with Gasteiger partial charge in [0.2, 0.25) is 0 Å². The molecule has 140 valence electrons. The maximum absolute atomic E-state index is 14.3. The molecule has 4 aromatic rings. The number of hydrogen-bond donors (Lipinski definition) is 1. The summed E-state index contributed by atoms with van der Waals surface area (Å²) in [5, 5.41) is 12.9. The first kappa shape index (κ1) is 18.0. The topological polar surface area (TPSA) is 72.7 Å². The van der Waals surface area contributed by atoms with Crippen LogP contribution in [-0.2, 0) is 6.42 Å². The predicted molar refractivity (Wildman–Crippen MR) is 105 cm³/mol. The zero-order valence-electron chi connectivity index (χ0n) is 14.7. The molecule has 0 aliphatic carbocycles. The van der Waals surface area contributed by atoms with Gasteiger partial charge in [-0.1, -0.05) is 23.4 Å². The summed E-state index contributed by atoms with van der Waals surface area (Å²) in [6, 6.07) is 13.7. The van der Waals surface area contributed by atoms with E-state index in [-0.39, 0.29) is 17.3 Å².